The van der Waals surface area contributed by atoms with E-state index in [-0.39, 0.29) is 28.5 Å². The molecule has 2 aromatic carbocycles. The first kappa shape index (κ1) is 29.0. The van der Waals surface area contributed by atoms with Gasteiger partial charge in [-0.1, -0.05) is 72.6 Å². The number of carbonyl (C=O) groups excluding carboxylic acids is 2. The van der Waals surface area contributed by atoms with Crippen LogP contribution in [0.5, 0.6) is 0 Å². The number of benzene rings is 2. The second-order valence-corrected chi connectivity index (χ2v) is 11.0. The molecule has 0 saturated heterocycles. The van der Waals surface area contributed by atoms with E-state index in [4.69, 9.17) is 34.8 Å². The zero-order chi connectivity index (χ0) is 27.1. The van der Waals surface area contributed by atoms with Crippen molar-refractivity contribution in [3.05, 3.63) is 81.1 Å². The van der Waals surface area contributed by atoms with Crippen molar-refractivity contribution in [3.8, 4) is 0 Å². The van der Waals surface area contributed by atoms with E-state index in [0.717, 1.165) is 5.56 Å². The van der Waals surface area contributed by atoms with Gasteiger partial charge in [0.05, 0.1) is 22.4 Å². The maximum Gasteiger partial charge on any atom is 0.253 e. The molecule has 3 rings (SSSR count). The second-order valence-electron chi connectivity index (χ2n) is 8.82. The largest absolute Gasteiger partial charge is 0.342 e. The van der Waals surface area contributed by atoms with Crippen LogP contribution in [0.15, 0.2) is 54.2 Å². The lowest BCUT2D eigenvalue weighted by Gasteiger charge is -2.21. The molecule has 37 heavy (non-hydrogen) atoms. The zero-order valence-electron chi connectivity index (χ0n) is 20.7. The number of anilines is 1. The molecule has 0 bridgehead atoms. The zero-order valence-corrected chi connectivity index (χ0v) is 23.8. The monoisotopic (exact) mass is 579 g/mol. The molecule has 1 aromatic heterocycles. The Balaban J connectivity index is 1.79. The highest BCUT2D eigenvalue weighted by Crippen LogP contribution is 2.27. The van der Waals surface area contributed by atoms with E-state index in [1.807, 2.05) is 17.6 Å². The predicted molar refractivity (Wildman–Crippen MR) is 152 cm³/mol. The summed E-state index contributed by atoms with van der Waals surface area (Å²) >= 11 is 19.5. The van der Waals surface area contributed by atoms with Crippen molar-refractivity contribution >= 4 is 64.1 Å². The third kappa shape index (κ3) is 7.98. The lowest BCUT2D eigenvalue weighted by atomic mass is 10.0. The van der Waals surface area contributed by atoms with Gasteiger partial charge >= 0.3 is 0 Å². The summed E-state index contributed by atoms with van der Waals surface area (Å²) in [6.45, 7) is 10.3. The Morgan fingerprint density at radius 1 is 1.11 bits per heavy atom. The molecule has 0 aliphatic rings. The van der Waals surface area contributed by atoms with Crippen LogP contribution in [0.1, 0.15) is 48.1 Å². The quantitative estimate of drug-likeness (QED) is 0.189. The molecule has 0 saturated carbocycles. The van der Waals surface area contributed by atoms with Crippen LogP contribution in [-0.2, 0) is 11.3 Å². The molecule has 1 atom stereocenters. The van der Waals surface area contributed by atoms with Crippen LogP contribution in [0.3, 0.4) is 0 Å². The van der Waals surface area contributed by atoms with Crippen molar-refractivity contribution in [1.82, 2.24) is 20.1 Å². The lowest BCUT2D eigenvalue weighted by molar-refractivity contribution is -0.113. The molecule has 11 heteroatoms. The van der Waals surface area contributed by atoms with Crippen molar-refractivity contribution < 1.29 is 9.59 Å². The van der Waals surface area contributed by atoms with E-state index >= 15 is 0 Å². The number of amides is 2. The molecule has 3 aromatic rings. The Kier molecular flexibility index (Phi) is 10.5. The Morgan fingerprint density at radius 3 is 2.49 bits per heavy atom. The molecular weight excluding hydrogens is 553 g/mol. The summed E-state index contributed by atoms with van der Waals surface area (Å²) in [4.78, 5) is 25.7. The van der Waals surface area contributed by atoms with E-state index < -0.39 is 6.04 Å². The molecular formula is C26H28Cl3N5O2S. The Labute approximate surface area is 236 Å². The van der Waals surface area contributed by atoms with Gasteiger partial charge in [-0.3, -0.25) is 9.59 Å². The van der Waals surface area contributed by atoms with Gasteiger partial charge in [0.25, 0.3) is 5.91 Å². The van der Waals surface area contributed by atoms with Gasteiger partial charge in [-0.25, -0.2) is 0 Å². The van der Waals surface area contributed by atoms with Crippen LogP contribution in [0.4, 0.5) is 5.69 Å². The van der Waals surface area contributed by atoms with Crippen LogP contribution < -0.4 is 10.6 Å². The average Bonchev–Trinajstić information content (AvgIpc) is 3.22. The van der Waals surface area contributed by atoms with Gasteiger partial charge in [0.15, 0.2) is 11.0 Å². The minimum Gasteiger partial charge on any atom is -0.342 e. The van der Waals surface area contributed by atoms with E-state index in [1.165, 1.54) is 17.8 Å². The Hall–Kier alpha value is -2.52. The van der Waals surface area contributed by atoms with Crippen molar-refractivity contribution in [3.63, 3.8) is 0 Å². The smallest absolute Gasteiger partial charge is 0.253 e. The normalized spacial score (nSPS) is 11.9. The van der Waals surface area contributed by atoms with Crippen LogP contribution in [0.2, 0.25) is 15.1 Å². The van der Waals surface area contributed by atoms with Crippen molar-refractivity contribution in [2.45, 2.75) is 44.9 Å². The van der Waals surface area contributed by atoms with Crippen LogP contribution in [0.25, 0.3) is 0 Å². The molecule has 0 radical (unpaired) electrons. The highest BCUT2D eigenvalue weighted by atomic mass is 35.5. The van der Waals surface area contributed by atoms with E-state index in [9.17, 15) is 9.59 Å². The number of hydrogen-bond acceptors (Lipinski definition) is 5. The Bertz CT molecular complexity index is 1300. The third-order valence-corrected chi connectivity index (χ3v) is 7.11. The van der Waals surface area contributed by atoms with Crippen molar-refractivity contribution in [2.24, 2.45) is 5.92 Å². The number of hydrogen-bond donors (Lipinski definition) is 2. The van der Waals surface area contributed by atoms with Gasteiger partial charge in [0.2, 0.25) is 5.91 Å². The number of thioether (sulfide) groups is 1. The number of aromatic nitrogens is 3. The van der Waals surface area contributed by atoms with Gasteiger partial charge in [-0.15, -0.1) is 16.8 Å². The molecule has 7 nitrogen and oxygen atoms in total. The molecule has 2 amide bonds. The standard InChI is InChI=1S/C26H28Cl3N5O2S/c1-5-10-34-24(22(11-15(2)3)31-25(36)19-9-8-17(27)12-20(19)29)32-33-26(34)37-14-23(35)30-21-13-18(28)7-6-16(21)4/h5-9,12-13,15,22H,1,10-11,14H2,2-4H3,(H,30,35)(H,31,36)/t22-/m0/s1. The van der Waals surface area contributed by atoms with Gasteiger partial charge in [0, 0.05) is 22.3 Å². The molecule has 1 heterocycles. The Morgan fingerprint density at radius 2 is 1.81 bits per heavy atom. The van der Waals surface area contributed by atoms with Crippen LogP contribution >= 0.6 is 46.6 Å². The summed E-state index contributed by atoms with van der Waals surface area (Å²) in [6, 6.07) is 9.62. The maximum absolute atomic E-state index is 13.1. The fourth-order valence-corrected chi connectivity index (χ4v) is 5.04. The predicted octanol–water partition coefficient (Wildman–Crippen LogP) is 6.98. The number of rotatable bonds is 11. The molecule has 0 aliphatic heterocycles. The van der Waals surface area contributed by atoms with Crippen molar-refractivity contribution in [2.75, 3.05) is 11.1 Å². The molecule has 196 valence electrons. The molecule has 0 fully saturated rings. The fourth-order valence-electron chi connectivity index (χ4n) is 3.62. The van der Waals surface area contributed by atoms with E-state index in [1.54, 1.807) is 30.3 Å². The number of aryl methyl sites for hydroxylation is 1. The van der Waals surface area contributed by atoms with Crippen LogP contribution in [-0.4, -0.2) is 32.3 Å². The first-order chi connectivity index (χ1) is 17.6. The van der Waals surface area contributed by atoms with Gasteiger partial charge in [-0.2, -0.15) is 0 Å². The first-order valence-electron chi connectivity index (χ1n) is 11.6. The summed E-state index contributed by atoms with van der Waals surface area (Å²) in [7, 11) is 0. The first-order valence-corrected chi connectivity index (χ1v) is 13.7. The van der Waals surface area contributed by atoms with Gasteiger partial charge in [-0.05, 0) is 55.2 Å². The van der Waals surface area contributed by atoms with Gasteiger partial charge in [0.1, 0.15) is 0 Å². The topological polar surface area (TPSA) is 88.9 Å². The van der Waals surface area contributed by atoms with E-state index in [2.05, 4.69) is 41.3 Å². The third-order valence-electron chi connectivity index (χ3n) is 5.36. The average molecular weight is 581 g/mol. The lowest BCUT2D eigenvalue weighted by Crippen LogP contribution is -2.32. The van der Waals surface area contributed by atoms with Crippen LogP contribution in [0, 0.1) is 12.8 Å². The minimum absolute atomic E-state index is 0.114. The highest BCUT2D eigenvalue weighted by molar-refractivity contribution is 7.99. The van der Waals surface area contributed by atoms with Gasteiger partial charge < -0.3 is 15.2 Å². The number of halogens is 3. The summed E-state index contributed by atoms with van der Waals surface area (Å²) in [5.74, 6) is 0.395. The summed E-state index contributed by atoms with van der Waals surface area (Å²) in [5, 5.41) is 16.4. The highest BCUT2D eigenvalue weighted by Gasteiger charge is 2.25. The summed E-state index contributed by atoms with van der Waals surface area (Å²) in [6.07, 6.45) is 2.34. The molecule has 0 aliphatic carbocycles. The van der Waals surface area contributed by atoms with Crippen molar-refractivity contribution in [1.29, 1.82) is 0 Å². The van der Waals surface area contributed by atoms with E-state index in [0.29, 0.717) is 45.2 Å². The molecule has 0 unspecified atom stereocenters. The summed E-state index contributed by atoms with van der Waals surface area (Å²) in [5.41, 5.74) is 1.89. The number of nitrogens with one attached hydrogen (secondary N) is 2. The maximum atomic E-state index is 13.1. The minimum atomic E-state index is -0.441. The SMILES string of the molecule is C=CCn1c(SCC(=O)Nc2cc(Cl)ccc2C)nnc1[C@H](CC(C)C)NC(=O)c1ccc(Cl)cc1Cl. The number of nitrogens with zero attached hydrogens (tertiary/aromatic N) is 3. The number of allylic oxidation sites excluding steroid dienone is 1. The number of carbonyl (C=O) groups is 2. The second kappa shape index (κ2) is 13.3. The molecule has 2 N–H and O–H groups in total. The fraction of sp³-hybridized carbons (Fsp3) is 0.308. The summed E-state index contributed by atoms with van der Waals surface area (Å²) < 4.78 is 1.85. The molecule has 0 spiro atoms.